The van der Waals surface area contributed by atoms with Gasteiger partial charge in [-0.05, 0) is 29.3 Å². The van der Waals surface area contributed by atoms with Crippen LogP contribution in [0.5, 0.6) is 0 Å². The minimum absolute atomic E-state index is 0.211. The molecule has 0 amide bonds. The molecule has 0 aliphatic carbocycles. The molecule has 0 aliphatic rings. The van der Waals surface area contributed by atoms with Crippen LogP contribution in [0.25, 0.3) is 22.2 Å². The molecule has 5 heteroatoms. The SMILES string of the molecule is O=c1cc(-c2ccc3nc[nH]c3c2)cc(Cl)[nH]1. The summed E-state index contributed by atoms with van der Waals surface area (Å²) in [5.74, 6) is 0. The van der Waals surface area contributed by atoms with E-state index in [9.17, 15) is 4.79 Å². The van der Waals surface area contributed by atoms with Crippen molar-refractivity contribution in [1.82, 2.24) is 15.0 Å². The third-order valence-electron chi connectivity index (χ3n) is 2.57. The predicted molar refractivity (Wildman–Crippen MR) is 67.2 cm³/mol. The molecule has 0 aliphatic heterocycles. The second-order valence-corrected chi connectivity index (χ2v) is 4.12. The van der Waals surface area contributed by atoms with Crippen LogP contribution in [0, 0.1) is 0 Å². The van der Waals surface area contributed by atoms with Gasteiger partial charge in [-0.2, -0.15) is 0 Å². The van der Waals surface area contributed by atoms with Crippen LogP contribution in [0.2, 0.25) is 5.15 Å². The molecule has 2 N–H and O–H groups in total. The maximum Gasteiger partial charge on any atom is 0.249 e. The first-order chi connectivity index (χ1) is 8.22. The zero-order valence-electron chi connectivity index (χ0n) is 8.70. The number of imidazole rings is 1. The van der Waals surface area contributed by atoms with Gasteiger partial charge < -0.3 is 9.97 Å². The Kier molecular flexibility index (Phi) is 2.23. The molecule has 0 unspecified atom stereocenters. The van der Waals surface area contributed by atoms with Crippen LogP contribution in [-0.4, -0.2) is 15.0 Å². The fourth-order valence-electron chi connectivity index (χ4n) is 1.79. The normalized spacial score (nSPS) is 10.9. The topological polar surface area (TPSA) is 61.5 Å². The number of fused-ring (bicyclic) bond motifs is 1. The van der Waals surface area contributed by atoms with Gasteiger partial charge >= 0.3 is 0 Å². The van der Waals surface area contributed by atoms with E-state index in [0.29, 0.717) is 5.15 Å². The Hall–Kier alpha value is -2.07. The number of aromatic amines is 2. The van der Waals surface area contributed by atoms with E-state index in [2.05, 4.69) is 15.0 Å². The van der Waals surface area contributed by atoms with Gasteiger partial charge in [-0.15, -0.1) is 0 Å². The summed E-state index contributed by atoms with van der Waals surface area (Å²) in [5, 5.41) is 0.331. The lowest BCUT2D eigenvalue weighted by Crippen LogP contribution is -2.03. The van der Waals surface area contributed by atoms with Crippen LogP contribution in [0.15, 0.2) is 41.5 Å². The lowest BCUT2D eigenvalue weighted by Gasteiger charge is -2.01. The van der Waals surface area contributed by atoms with Crippen LogP contribution in [-0.2, 0) is 0 Å². The minimum atomic E-state index is -0.211. The predicted octanol–water partition coefficient (Wildman–Crippen LogP) is 2.57. The van der Waals surface area contributed by atoms with Gasteiger partial charge in [0.25, 0.3) is 0 Å². The molecule has 0 fully saturated rings. The van der Waals surface area contributed by atoms with E-state index in [1.165, 1.54) is 6.07 Å². The molecule has 0 saturated heterocycles. The summed E-state index contributed by atoms with van der Waals surface area (Å²) in [6.45, 7) is 0. The third-order valence-corrected chi connectivity index (χ3v) is 2.77. The third kappa shape index (κ3) is 1.83. The summed E-state index contributed by atoms with van der Waals surface area (Å²) in [4.78, 5) is 21.0. The number of pyridine rings is 1. The van der Waals surface area contributed by atoms with Crippen molar-refractivity contribution < 1.29 is 0 Å². The summed E-state index contributed by atoms with van der Waals surface area (Å²) in [6.07, 6.45) is 1.64. The van der Waals surface area contributed by atoms with Crippen molar-refractivity contribution in [2.24, 2.45) is 0 Å². The zero-order valence-corrected chi connectivity index (χ0v) is 9.45. The summed E-state index contributed by atoms with van der Waals surface area (Å²) < 4.78 is 0. The summed E-state index contributed by atoms with van der Waals surface area (Å²) in [6, 6.07) is 8.99. The molecule has 17 heavy (non-hydrogen) atoms. The molecule has 2 aromatic heterocycles. The van der Waals surface area contributed by atoms with Gasteiger partial charge in [0.1, 0.15) is 5.15 Å². The molecule has 3 aromatic rings. The van der Waals surface area contributed by atoms with Gasteiger partial charge in [0.2, 0.25) is 5.56 Å². The van der Waals surface area contributed by atoms with Gasteiger partial charge in [-0.1, -0.05) is 17.7 Å². The first-order valence-electron chi connectivity index (χ1n) is 5.06. The molecule has 0 atom stereocenters. The number of nitrogens with one attached hydrogen (secondary N) is 2. The lowest BCUT2D eigenvalue weighted by molar-refractivity contribution is 1.24. The highest BCUT2D eigenvalue weighted by molar-refractivity contribution is 6.29. The van der Waals surface area contributed by atoms with Crippen molar-refractivity contribution in [1.29, 1.82) is 0 Å². The van der Waals surface area contributed by atoms with Crippen molar-refractivity contribution >= 4 is 22.6 Å². The molecule has 3 rings (SSSR count). The summed E-state index contributed by atoms with van der Waals surface area (Å²) >= 11 is 5.82. The number of aromatic nitrogens is 3. The maximum atomic E-state index is 11.3. The quantitative estimate of drug-likeness (QED) is 0.648. The molecule has 84 valence electrons. The van der Waals surface area contributed by atoms with Gasteiger partial charge in [0.15, 0.2) is 0 Å². The van der Waals surface area contributed by atoms with Crippen LogP contribution in [0.4, 0.5) is 0 Å². The Labute approximate surface area is 101 Å². The largest absolute Gasteiger partial charge is 0.345 e. The van der Waals surface area contributed by atoms with Crippen molar-refractivity contribution in [3.63, 3.8) is 0 Å². The number of halogens is 1. The van der Waals surface area contributed by atoms with Gasteiger partial charge in [-0.25, -0.2) is 4.98 Å². The monoisotopic (exact) mass is 245 g/mol. The molecule has 2 heterocycles. The smallest absolute Gasteiger partial charge is 0.249 e. The minimum Gasteiger partial charge on any atom is -0.345 e. The zero-order chi connectivity index (χ0) is 11.8. The number of benzene rings is 1. The molecular weight excluding hydrogens is 238 g/mol. The number of hydrogen-bond donors (Lipinski definition) is 2. The molecule has 4 nitrogen and oxygen atoms in total. The Balaban J connectivity index is 2.22. The Morgan fingerprint density at radius 2 is 2.00 bits per heavy atom. The Morgan fingerprint density at radius 1 is 1.12 bits per heavy atom. The van der Waals surface area contributed by atoms with Crippen molar-refractivity contribution in [3.05, 3.63) is 52.2 Å². The van der Waals surface area contributed by atoms with Crippen molar-refractivity contribution in [3.8, 4) is 11.1 Å². The van der Waals surface area contributed by atoms with E-state index in [4.69, 9.17) is 11.6 Å². The van der Waals surface area contributed by atoms with Gasteiger partial charge in [0, 0.05) is 6.07 Å². The highest BCUT2D eigenvalue weighted by atomic mass is 35.5. The van der Waals surface area contributed by atoms with E-state index in [0.717, 1.165) is 22.2 Å². The molecule has 0 saturated carbocycles. The van der Waals surface area contributed by atoms with Crippen molar-refractivity contribution in [2.75, 3.05) is 0 Å². The van der Waals surface area contributed by atoms with E-state index in [-0.39, 0.29) is 5.56 Å². The van der Waals surface area contributed by atoms with E-state index in [1.807, 2.05) is 18.2 Å². The average Bonchev–Trinajstić information content (AvgIpc) is 2.74. The van der Waals surface area contributed by atoms with Crippen molar-refractivity contribution in [2.45, 2.75) is 0 Å². The Bertz CT molecular complexity index is 745. The Morgan fingerprint density at radius 3 is 2.82 bits per heavy atom. The van der Waals surface area contributed by atoms with E-state index < -0.39 is 0 Å². The highest BCUT2D eigenvalue weighted by Gasteiger charge is 2.03. The highest BCUT2D eigenvalue weighted by Crippen LogP contribution is 2.23. The van der Waals surface area contributed by atoms with Crippen LogP contribution >= 0.6 is 11.6 Å². The van der Waals surface area contributed by atoms with Gasteiger partial charge in [-0.3, -0.25) is 4.79 Å². The van der Waals surface area contributed by atoms with E-state index >= 15 is 0 Å². The fourth-order valence-corrected chi connectivity index (χ4v) is 2.00. The second-order valence-electron chi connectivity index (χ2n) is 3.72. The number of hydrogen-bond acceptors (Lipinski definition) is 2. The molecule has 1 aromatic carbocycles. The van der Waals surface area contributed by atoms with Gasteiger partial charge in [0.05, 0.1) is 17.4 Å². The van der Waals surface area contributed by atoms with Crippen LogP contribution in [0.1, 0.15) is 0 Å². The molecule has 0 bridgehead atoms. The average molecular weight is 246 g/mol. The number of rotatable bonds is 1. The number of nitrogens with zero attached hydrogens (tertiary/aromatic N) is 1. The maximum absolute atomic E-state index is 11.3. The van der Waals surface area contributed by atoms with E-state index in [1.54, 1.807) is 12.4 Å². The first kappa shape index (κ1) is 10.1. The fraction of sp³-hybridized carbons (Fsp3) is 0. The standard InChI is InChI=1S/C12H8ClN3O/c13-11-4-8(5-12(17)16-11)7-1-2-9-10(3-7)15-6-14-9/h1-6H,(H,14,15)(H,16,17). The molecule has 0 spiro atoms. The van der Waals surface area contributed by atoms with Crippen LogP contribution in [0.3, 0.4) is 0 Å². The summed E-state index contributed by atoms with van der Waals surface area (Å²) in [7, 11) is 0. The molecular formula is C12H8ClN3O. The lowest BCUT2D eigenvalue weighted by atomic mass is 10.1. The summed E-state index contributed by atoms with van der Waals surface area (Å²) in [5.41, 5.74) is 3.32. The first-order valence-corrected chi connectivity index (χ1v) is 5.43. The second kappa shape index (κ2) is 3.75. The van der Waals surface area contributed by atoms with Crippen LogP contribution < -0.4 is 5.56 Å². The number of H-pyrrole nitrogens is 2. The molecule has 0 radical (unpaired) electrons.